The van der Waals surface area contributed by atoms with Crippen LogP contribution in [-0.4, -0.2) is 18.6 Å². The van der Waals surface area contributed by atoms with Crippen molar-refractivity contribution in [2.24, 2.45) is 5.92 Å². The first-order valence-electron chi connectivity index (χ1n) is 7.90. The third-order valence-electron chi connectivity index (χ3n) is 4.55. The summed E-state index contributed by atoms with van der Waals surface area (Å²) in [5.74, 6) is 0.0570. The molecule has 0 heterocycles. The van der Waals surface area contributed by atoms with Gasteiger partial charge in [-0.2, -0.15) is 5.26 Å². The monoisotopic (exact) mass is 300 g/mol. The lowest BCUT2D eigenvalue weighted by Gasteiger charge is -2.35. The Hall–Kier alpha value is -1.86. The van der Waals surface area contributed by atoms with Crippen LogP contribution in [0.4, 0.5) is 0 Å². The number of hydrogen-bond acceptors (Lipinski definition) is 3. The average Bonchev–Trinajstić information content (AvgIpc) is 2.56. The predicted molar refractivity (Wildman–Crippen MR) is 85.2 cm³/mol. The number of carbonyl (C=O) groups excluding carboxylic acids is 1. The molecule has 22 heavy (non-hydrogen) atoms. The maximum atomic E-state index is 12.4. The summed E-state index contributed by atoms with van der Waals surface area (Å²) in [4.78, 5) is 12.4. The van der Waals surface area contributed by atoms with Crippen LogP contribution in [0, 0.1) is 17.2 Å². The zero-order valence-corrected chi connectivity index (χ0v) is 13.4. The third kappa shape index (κ3) is 3.86. The van der Waals surface area contributed by atoms with Gasteiger partial charge in [-0.25, -0.2) is 0 Å². The van der Waals surface area contributed by atoms with E-state index in [4.69, 9.17) is 4.74 Å². The van der Waals surface area contributed by atoms with Gasteiger partial charge in [0, 0.05) is 12.7 Å². The second-order valence-electron chi connectivity index (χ2n) is 6.23. The van der Waals surface area contributed by atoms with Crippen LogP contribution in [0.2, 0.25) is 0 Å². The molecule has 118 valence electrons. The number of nitrogens with one attached hydrogen (secondary N) is 1. The van der Waals surface area contributed by atoms with Crippen LogP contribution in [0.1, 0.15) is 54.9 Å². The lowest BCUT2D eigenvalue weighted by molar-refractivity contribution is 0.0886. The molecule has 1 aromatic rings. The number of rotatable bonds is 5. The Morgan fingerprint density at radius 2 is 1.95 bits per heavy atom. The molecule has 1 N–H and O–H groups in total. The molecule has 0 bridgehead atoms. The van der Waals surface area contributed by atoms with E-state index in [9.17, 15) is 10.1 Å². The lowest BCUT2D eigenvalue weighted by Crippen LogP contribution is -2.51. The van der Waals surface area contributed by atoms with E-state index in [0.29, 0.717) is 12.2 Å². The van der Waals surface area contributed by atoms with Gasteiger partial charge in [-0.05, 0) is 43.4 Å². The number of carbonyl (C=O) groups is 1. The Morgan fingerprint density at radius 1 is 1.32 bits per heavy atom. The van der Waals surface area contributed by atoms with Gasteiger partial charge in [-0.1, -0.05) is 31.4 Å². The summed E-state index contributed by atoms with van der Waals surface area (Å²) in [6.07, 6.45) is 5.54. The van der Waals surface area contributed by atoms with Gasteiger partial charge in [-0.15, -0.1) is 0 Å². The SMILES string of the molecule is COCc1ccc(C(=O)N[C@](C)(C#N)C2CCCCC2)cc1. The number of amides is 1. The first-order chi connectivity index (χ1) is 10.6. The van der Waals surface area contributed by atoms with E-state index >= 15 is 0 Å². The Morgan fingerprint density at radius 3 is 2.50 bits per heavy atom. The summed E-state index contributed by atoms with van der Waals surface area (Å²) >= 11 is 0. The maximum Gasteiger partial charge on any atom is 0.252 e. The van der Waals surface area contributed by atoms with Gasteiger partial charge < -0.3 is 10.1 Å². The molecule has 1 aliphatic rings. The number of nitriles is 1. The van der Waals surface area contributed by atoms with Gasteiger partial charge >= 0.3 is 0 Å². The normalized spacial score (nSPS) is 18.2. The van der Waals surface area contributed by atoms with Crippen LogP contribution in [-0.2, 0) is 11.3 Å². The number of methoxy groups -OCH3 is 1. The molecule has 0 spiro atoms. The molecule has 0 aliphatic heterocycles. The van der Waals surface area contributed by atoms with Crippen molar-refractivity contribution < 1.29 is 9.53 Å². The Balaban J connectivity index is 2.06. The van der Waals surface area contributed by atoms with Crippen LogP contribution in [0.5, 0.6) is 0 Å². The highest BCUT2D eigenvalue weighted by molar-refractivity contribution is 5.95. The van der Waals surface area contributed by atoms with Crippen LogP contribution in [0.15, 0.2) is 24.3 Å². The maximum absolute atomic E-state index is 12.4. The number of benzene rings is 1. The fourth-order valence-corrected chi connectivity index (χ4v) is 3.13. The van der Waals surface area contributed by atoms with Crippen molar-refractivity contribution in [3.05, 3.63) is 35.4 Å². The molecule has 1 aliphatic carbocycles. The van der Waals surface area contributed by atoms with E-state index < -0.39 is 5.54 Å². The largest absolute Gasteiger partial charge is 0.380 e. The van der Waals surface area contributed by atoms with Gasteiger partial charge in [0.25, 0.3) is 5.91 Å². The molecular formula is C18H24N2O2. The van der Waals surface area contributed by atoms with E-state index in [0.717, 1.165) is 31.2 Å². The van der Waals surface area contributed by atoms with Crippen molar-refractivity contribution in [1.82, 2.24) is 5.32 Å². The number of hydrogen-bond donors (Lipinski definition) is 1. The Bertz CT molecular complexity index is 541. The lowest BCUT2D eigenvalue weighted by atomic mass is 9.76. The molecule has 4 heteroatoms. The molecule has 1 amide bonds. The smallest absolute Gasteiger partial charge is 0.252 e. The second kappa shape index (κ2) is 7.42. The molecule has 1 saturated carbocycles. The van der Waals surface area contributed by atoms with Crippen LogP contribution >= 0.6 is 0 Å². The molecule has 1 atom stereocenters. The molecule has 2 rings (SSSR count). The summed E-state index contributed by atoms with van der Waals surface area (Å²) < 4.78 is 5.06. The minimum Gasteiger partial charge on any atom is -0.380 e. The molecule has 0 aromatic heterocycles. The summed E-state index contributed by atoms with van der Waals surface area (Å²) in [7, 11) is 1.64. The van der Waals surface area contributed by atoms with Gasteiger partial charge in [0.15, 0.2) is 0 Å². The van der Waals surface area contributed by atoms with E-state index in [1.807, 2.05) is 19.1 Å². The van der Waals surface area contributed by atoms with Crippen LogP contribution < -0.4 is 5.32 Å². The second-order valence-corrected chi connectivity index (χ2v) is 6.23. The molecule has 0 saturated heterocycles. The van der Waals surface area contributed by atoms with Crippen molar-refractivity contribution in [2.45, 2.75) is 51.2 Å². The molecule has 1 aromatic carbocycles. The highest BCUT2D eigenvalue weighted by Gasteiger charge is 2.36. The highest BCUT2D eigenvalue weighted by atomic mass is 16.5. The van der Waals surface area contributed by atoms with Crippen molar-refractivity contribution >= 4 is 5.91 Å². The van der Waals surface area contributed by atoms with E-state index in [1.54, 1.807) is 19.2 Å². The quantitative estimate of drug-likeness (QED) is 0.906. The fraction of sp³-hybridized carbons (Fsp3) is 0.556. The van der Waals surface area contributed by atoms with Crippen molar-refractivity contribution in [3.63, 3.8) is 0 Å². The van der Waals surface area contributed by atoms with Gasteiger partial charge in [0.05, 0.1) is 12.7 Å². The molecule has 0 radical (unpaired) electrons. The summed E-state index contributed by atoms with van der Waals surface area (Å²) in [6.45, 7) is 2.38. The van der Waals surface area contributed by atoms with Crippen molar-refractivity contribution in [3.8, 4) is 6.07 Å². The van der Waals surface area contributed by atoms with Gasteiger partial charge in [0.1, 0.15) is 5.54 Å². The fourth-order valence-electron chi connectivity index (χ4n) is 3.13. The summed E-state index contributed by atoms with van der Waals surface area (Å²) in [6, 6.07) is 9.64. The Labute approximate surface area is 132 Å². The minimum absolute atomic E-state index is 0.182. The van der Waals surface area contributed by atoms with E-state index in [1.165, 1.54) is 6.42 Å². The van der Waals surface area contributed by atoms with E-state index in [-0.39, 0.29) is 11.8 Å². The summed E-state index contributed by atoms with van der Waals surface area (Å²) in [5, 5.41) is 12.5. The summed E-state index contributed by atoms with van der Waals surface area (Å²) in [5.41, 5.74) is 0.814. The first-order valence-corrected chi connectivity index (χ1v) is 7.90. The van der Waals surface area contributed by atoms with Crippen molar-refractivity contribution in [2.75, 3.05) is 7.11 Å². The molecule has 0 unspecified atom stereocenters. The Kier molecular flexibility index (Phi) is 5.57. The zero-order valence-electron chi connectivity index (χ0n) is 13.4. The molecule has 1 fully saturated rings. The van der Waals surface area contributed by atoms with Crippen LogP contribution in [0.3, 0.4) is 0 Å². The van der Waals surface area contributed by atoms with E-state index in [2.05, 4.69) is 11.4 Å². The average molecular weight is 300 g/mol. The minimum atomic E-state index is -0.789. The molecule has 4 nitrogen and oxygen atoms in total. The van der Waals surface area contributed by atoms with Crippen molar-refractivity contribution in [1.29, 1.82) is 5.26 Å². The standard InChI is InChI=1S/C18H24N2O2/c1-18(13-19,16-6-4-3-5-7-16)20-17(21)15-10-8-14(9-11-15)12-22-2/h8-11,16H,3-7,12H2,1-2H3,(H,20,21)/t18-/m1/s1. The number of ether oxygens (including phenoxy) is 1. The van der Waals surface area contributed by atoms with Gasteiger partial charge in [0.2, 0.25) is 0 Å². The number of nitrogens with zero attached hydrogens (tertiary/aromatic N) is 1. The zero-order chi connectivity index (χ0) is 16.0. The van der Waals surface area contributed by atoms with Gasteiger partial charge in [-0.3, -0.25) is 4.79 Å². The third-order valence-corrected chi connectivity index (χ3v) is 4.55. The predicted octanol–water partition coefficient (Wildman–Crippen LogP) is 3.43. The molecular weight excluding hydrogens is 276 g/mol. The topological polar surface area (TPSA) is 62.1 Å². The van der Waals surface area contributed by atoms with Crippen LogP contribution in [0.25, 0.3) is 0 Å². The highest BCUT2D eigenvalue weighted by Crippen LogP contribution is 2.32. The first kappa shape index (κ1) is 16.5.